The van der Waals surface area contributed by atoms with Gasteiger partial charge in [0.2, 0.25) is 0 Å². The maximum absolute atomic E-state index is 12.7. The standard InChI is InChI=1S/C19H20BrN5O3/c1-22-15-14(17(27)23(2)19(22)28)21-18(20)25(15)11-12-8-9-24(10-12)16(26)13-6-4-3-5-7-13/h3-7,12H,8-11H2,1-2H3. The first-order chi connectivity index (χ1) is 13.4. The summed E-state index contributed by atoms with van der Waals surface area (Å²) in [6.07, 6.45) is 0.851. The van der Waals surface area contributed by atoms with Gasteiger partial charge in [0.15, 0.2) is 15.9 Å². The lowest BCUT2D eigenvalue weighted by molar-refractivity contribution is 0.0786. The van der Waals surface area contributed by atoms with Crippen molar-refractivity contribution in [1.82, 2.24) is 23.6 Å². The molecule has 0 aliphatic carbocycles. The summed E-state index contributed by atoms with van der Waals surface area (Å²) in [7, 11) is 3.08. The van der Waals surface area contributed by atoms with E-state index in [4.69, 9.17) is 0 Å². The molecule has 1 aromatic carbocycles. The van der Waals surface area contributed by atoms with Crippen molar-refractivity contribution in [3.8, 4) is 0 Å². The van der Waals surface area contributed by atoms with Crippen LogP contribution in [0.5, 0.6) is 0 Å². The molecular formula is C19H20BrN5O3. The number of fused-ring (bicyclic) bond motifs is 1. The molecule has 146 valence electrons. The monoisotopic (exact) mass is 445 g/mol. The Morgan fingerprint density at radius 3 is 2.61 bits per heavy atom. The number of halogens is 1. The highest BCUT2D eigenvalue weighted by molar-refractivity contribution is 9.10. The Bertz CT molecular complexity index is 1180. The van der Waals surface area contributed by atoms with Gasteiger partial charge in [0.1, 0.15) is 0 Å². The number of carbonyl (C=O) groups excluding carboxylic acids is 1. The van der Waals surface area contributed by atoms with Crippen LogP contribution >= 0.6 is 15.9 Å². The average Bonchev–Trinajstić information content (AvgIpc) is 3.30. The van der Waals surface area contributed by atoms with Crippen LogP contribution < -0.4 is 11.2 Å². The van der Waals surface area contributed by atoms with Crippen molar-refractivity contribution in [2.45, 2.75) is 13.0 Å². The third kappa shape index (κ3) is 2.99. The molecular weight excluding hydrogens is 426 g/mol. The second-order valence-corrected chi connectivity index (χ2v) is 7.85. The minimum Gasteiger partial charge on any atom is -0.338 e. The molecule has 0 spiro atoms. The van der Waals surface area contributed by atoms with Crippen molar-refractivity contribution in [3.63, 3.8) is 0 Å². The number of amides is 1. The van der Waals surface area contributed by atoms with E-state index in [1.807, 2.05) is 39.8 Å². The molecule has 1 fully saturated rings. The Labute approximate surface area is 169 Å². The largest absolute Gasteiger partial charge is 0.338 e. The molecule has 2 aromatic heterocycles. The molecule has 0 saturated carbocycles. The van der Waals surface area contributed by atoms with Crippen molar-refractivity contribution in [2.75, 3.05) is 13.1 Å². The van der Waals surface area contributed by atoms with Gasteiger partial charge in [-0.05, 0) is 40.4 Å². The fourth-order valence-electron chi connectivity index (χ4n) is 3.81. The third-order valence-electron chi connectivity index (χ3n) is 5.33. The molecule has 1 aliphatic rings. The Morgan fingerprint density at radius 2 is 1.89 bits per heavy atom. The van der Waals surface area contributed by atoms with Crippen LogP contribution in [0.1, 0.15) is 16.8 Å². The van der Waals surface area contributed by atoms with Crippen LogP contribution in [0.4, 0.5) is 0 Å². The van der Waals surface area contributed by atoms with E-state index in [0.717, 1.165) is 11.0 Å². The first-order valence-electron chi connectivity index (χ1n) is 9.04. The average molecular weight is 446 g/mol. The number of benzene rings is 1. The SMILES string of the molecule is Cn1c(=O)c2nc(Br)n(CC3CCN(C(=O)c4ccccc4)C3)c2n(C)c1=O. The van der Waals surface area contributed by atoms with Crippen molar-refractivity contribution in [3.05, 3.63) is 61.5 Å². The number of nitrogens with zero attached hydrogens (tertiary/aromatic N) is 5. The zero-order valence-electron chi connectivity index (χ0n) is 15.6. The van der Waals surface area contributed by atoms with E-state index in [1.54, 1.807) is 7.05 Å². The zero-order chi connectivity index (χ0) is 20.0. The predicted molar refractivity (Wildman–Crippen MR) is 108 cm³/mol. The lowest BCUT2D eigenvalue weighted by Gasteiger charge is -2.17. The molecule has 0 bridgehead atoms. The number of carbonyl (C=O) groups is 1. The van der Waals surface area contributed by atoms with Gasteiger partial charge >= 0.3 is 5.69 Å². The predicted octanol–water partition coefficient (Wildman–Crippen LogP) is 1.36. The van der Waals surface area contributed by atoms with E-state index in [-0.39, 0.29) is 17.3 Å². The maximum atomic E-state index is 12.7. The van der Waals surface area contributed by atoms with Gasteiger partial charge in [-0.25, -0.2) is 9.78 Å². The molecule has 4 rings (SSSR count). The van der Waals surface area contributed by atoms with Crippen LogP contribution in [0.15, 0.2) is 44.7 Å². The maximum Gasteiger partial charge on any atom is 0.332 e. The Hall–Kier alpha value is -2.68. The van der Waals surface area contributed by atoms with Crippen molar-refractivity contribution < 1.29 is 4.79 Å². The van der Waals surface area contributed by atoms with Crippen LogP contribution in [0.3, 0.4) is 0 Å². The summed E-state index contributed by atoms with van der Waals surface area (Å²) in [6, 6.07) is 9.25. The molecule has 0 radical (unpaired) electrons. The summed E-state index contributed by atoms with van der Waals surface area (Å²) in [5.41, 5.74) is 0.631. The number of aromatic nitrogens is 4. The Morgan fingerprint density at radius 1 is 1.18 bits per heavy atom. The molecule has 1 amide bonds. The normalized spacial score (nSPS) is 16.8. The summed E-state index contributed by atoms with van der Waals surface area (Å²) in [4.78, 5) is 43.6. The smallest absolute Gasteiger partial charge is 0.332 e. The van der Waals surface area contributed by atoms with Crippen molar-refractivity contribution in [1.29, 1.82) is 0 Å². The molecule has 3 aromatic rings. The number of aryl methyl sites for hydroxylation is 1. The molecule has 1 aliphatic heterocycles. The summed E-state index contributed by atoms with van der Waals surface area (Å²) in [6.45, 7) is 1.87. The van der Waals surface area contributed by atoms with E-state index in [9.17, 15) is 14.4 Å². The highest BCUT2D eigenvalue weighted by Gasteiger charge is 2.29. The summed E-state index contributed by atoms with van der Waals surface area (Å²) in [5, 5.41) is 0. The fourth-order valence-corrected chi connectivity index (χ4v) is 4.30. The van der Waals surface area contributed by atoms with Crippen molar-refractivity contribution >= 4 is 33.0 Å². The van der Waals surface area contributed by atoms with Gasteiger partial charge in [-0.1, -0.05) is 18.2 Å². The minimum absolute atomic E-state index is 0.0268. The minimum atomic E-state index is -0.412. The molecule has 1 saturated heterocycles. The summed E-state index contributed by atoms with van der Waals surface area (Å²) >= 11 is 3.42. The van der Waals surface area contributed by atoms with Crippen LogP contribution in [0.25, 0.3) is 11.2 Å². The molecule has 1 atom stereocenters. The van der Waals surface area contributed by atoms with E-state index < -0.39 is 11.2 Å². The molecule has 0 N–H and O–H groups in total. The second kappa shape index (κ2) is 7.05. The van der Waals surface area contributed by atoms with E-state index >= 15 is 0 Å². The van der Waals surface area contributed by atoms with Gasteiger partial charge in [-0.2, -0.15) is 0 Å². The lowest BCUT2D eigenvalue weighted by Crippen LogP contribution is -2.37. The highest BCUT2D eigenvalue weighted by atomic mass is 79.9. The van der Waals surface area contributed by atoms with E-state index in [2.05, 4.69) is 20.9 Å². The number of hydrogen-bond donors (Lipinski definition) is 0. The third-order valence-corrected chi connectivity index (χ3v) is 5.93. The molecule has 9 heteroatoms. The van der Waals surface area contributed by atoms with Gasteiger partial charge in [-0.15, -0.1) is 0 Å². The Balaban J connectivity index is 1.62. The second-order valence-electron chi connectivity index (χ2n) is 7.14. The number of hydrogen-bond acceptors (Lipinski definition) is 4. The quantitative estimate of drug-likeness (QED) is 0.569. The highest BCUT2D eigenvalue weighted by Crippen LogP contribution is 2.24. The first-order valence-corrected chi connectivity index (χ1v) is 9.84. The molecule has 1 unspecified atom stereocenters. The number of imidazole rings is 1. The van der Waals surface area contributed by atoms with Gasteiger partial charge in [0, 0.05) is 39.3 Å². The van der Waals surface area contributed by atoms with Crippen LogP contribution in [0.2, 0.25) is 0 Å². The van der Waals surface area contributed by atoms with E-state index in [0.29, 0.717) is 35.6 Å². The molecule has 3 heterocycles. The van der Waals surface area contributed by atoms with Gasteiger partial charge in [-0.3, -0.25) is 18.7 Å². The van der Waals surface area contributed by atoms with Crippen LogP contribution in [-0.4, -0.2) is 42.6 Å². The Kier molecular flexibility index (Phi) is 4.70. The van der Waals surface area contributed by atoms with Crippen LogP contribution in [0, 0.1) is 5.92 Å². The van der Waals surface area contributed by atoms with Gasteiger partial charge in [0.25, 0.3) is 11.5 Å². The molecule has 8 nitrogen and oxygen atoms in total. The fraction of sp³-hybridized carbons (Fsp3) is 0.368. The van der Waals surface area contributed by atoms with Crippen LogP contribution in [-0.2, 0) is 20.6 Å². The van der Waals surface area contributed by atoms with E-state index in [1.165, 1.54) is 11.6 Å². The zero-order valence-corrected chi connectivity index (χ0v) is 17.2. The summed E-state index contributed by atoms with van der Waals surface area (Å²) in [5.74, 6) is 0.236. The topological polar surface area (TPSA) is 82.1 Å². The summed E-state index contributed by atoms with van der Waals surface area (Å²) < 4.78 is 4.85. The number of rotatable bonds is 3. The number of likely N-dealkylation sites (tertiary alicyclic amines) is 1. The van der Waals surface area contributed by atoms with Gasteiger partial charge in [0.05, 0.1) is 0 Å². The van der Waals surface area contributed by atoms with Gasteiger partial charge < -0.3 is 9.47 Å². The van der Waals surface area contributed by atoms with Crippen molar-refractivity contribution in [2.24, 2.45) is 20.0 Å². The molecule has 28 heavy (non-hydrogen) atoms. The lowest BCUT2D eigenvalue weighted by atomic mass is 10.1. The first kappa shape index (κ1) is 18.7.